The highest BCUT2D eigenvalue weighted by Crippen LogP contribution is 2.24. The van der Waals surface area contributed by atoms with Gasteiger partial charge in [0.15, 0.2) is 5.78 Å². The SMILES string of the molecule is C=CC(=O)[C@@H]1OCC[C@H]1CC. The lowest BCUT2D eigenvalue weighted by Crippen LogP contribution is -2.24. The van der Waals surface area contributed by atoms with Crippen LogP contribution in [0.1, 0.15) is 19.8 Å². The van der Waals surface area contributed by atoms with Crippen LogP contribution in [0.3, 0.4) is 0 Å². The highest BCUT2D eigenvalue weighted by Gasteiger charge is 2.30. The Morgan fingerprint density at radius 2 is 2.55 bits per heavy atom. The minimum atomic E-state index is -0.197. The number of rotatable bonds is 3. The van der Waals surface area contributed by atoms with Crippen LogP contribution < -0.4 is 0 Å². The first-order chi connectivity index (χ1) is 5.29. The summed E-state index contributed by atoms with van der Waals surface area (Å²) in [6.45, 7) is 6.26. The molecule has 2 heteroatoms. The van der Waals surface area contributed by atoms with Crippen LogP contribution in [0.5, 0.6) is 0 Å². The molecule has 0 spiro atoms. The lowest BCUT2D eigenvalue weighted by molar-refractivity contribution is -0.124. The van der Waals surface area contributed by atoms with Crippen LogP contribution in [0.15, 0.2) is 12.7 Å². The Hall–Kier alpha value is -0.630. The van der Waals surface area contributed by atoms with Crippen LogP contribution in [0.25, 0.3) is 0 Å². The van der Waals surface area contributed by atoms with Crippen molar-refractivity contribution in [2.75, 3.05) is 6.61 Å². The van der Waals surface area contributed by atoms with Gasteiger partial charge in [0.2, 0.25) is 0 Å². The molecule has 1 rings (SSSR count). The van der Waals surface area contributed by atoms with E-state index < -0.39 is 0 Å². The first-order valence-electron chi connectivity index (χ1n) is 4.07. The summed E-state index contributed by atoms with van der Waals surface area (Å²) in [5.74, 6) is 0.454. The van der Waals surface area contributed by atoms with Crippen molar-refractivity contribution in [3.05, 3.63) is 12.7 Å². The van der Waals surface area contributed by atoms with E-state index in [2.05, 4.69) is 13.5 Å². The Kier molecular flexibility index (Phi) is 2.83. The molecule has 11 heavy (non-hydrogen) atoms. The maximum atomic E-state index is 11.1. The zero-order valence-corrected chi connectivity index (χ0v) is 6.88. The van der Waals surface area contributed by atoms with Gasteiger partial charge in [-0.2, -0.15) is 0 Å². The van der Waals surface area contributed by atoms with Gasteiger partial charge in [0.05, 0.1) is 0 Å². The van der Waals surface area contributed by atoms with Crippen molar-refractivity contribution in [1.82, 2.24) is 0 Å². The van der Waals surface area contributed by atoms with Crippen LogP contribution in [0.4, 0.5) is 0 Å². The number of hydrogen-bond donors (Lipinski definition) is 0. The minimum Gasteiger partial charge on any atom is -0.370 e. The van der Waals surface area contributed by atoms with Gasteiger partial charge in [-0.3, -0.25) is 4.79 Å². The van der Waals surface area contributed by atoms with Crippen LogP contribution in [-0.4, -0.2) is 18.5 Å². The minimum absolute atomic E-state index is 0.0364. The van der Waals surface area contributed by atoms with Crippen molar-refractivity contribution in [3.8, 4) is 0 Å². The van der Waals surface area contributed by atoms with E-state index in [1.165, 1.54) is 6.08 Å². The summed E-state index contributed by atoms with van der Waals surface area (Å²) in [5, 5.41) is 0. The summed E-state index contributed by atoms with van der Waals surface area (Å²) in [4.78, 5) is 11.1. The summed E-state index contributed by atoms with van der Waals surface area (Å²) in [6, 6.07) is 0. The molecule has 0 aromatic heterocycles. The van der Waals surface area contributed by atoms with E-state index in [4.69, 9.17) is 4.74 Å². The van der Waals surface area contributed by atoms with Gasteiger partial charge in [0.1, 0.15) is 6.10 Å². The summed E-state index contributed by atoms with van der Waals surface area (Å²) < 4.78 is 5.29. The maximum Gasteiger partial charge on any atom is 0.184 e. The average molecular weight is 154 g/mol. The highest BCUT2D eigenvalue weighted by molar-refractivity contribution is 5.93. The predicted octanol–water partition coefficient (Wildman–Crippen LogP) is 1.56. The maximum absolute atomic E-state index is 11.1. The fourth-order valence-electron chi connectivity index (χ4n) is 1.48. The molecular weight excluding hydrogens is 140 g/mol. The van der Waals surface area contributed by atoms with E-state index in [1.54, 1.807) is 0 Å². The first kappa shape index (κ1) is 8.47. The first-order valence-corrected chi connectivity index (χ1v) is 4.07. The number of hydrogen-bond acceptors (Lipinski definition) is 2. The van der Waals surface area contributed by atoms with Crippen LogP contribution >= 0.6 is 0 Å². The van der Waals surface area contributed by atoms with E-state index in [0.29, 0.717) is 5.92 Å². The van der Waals surface area contributed by atoms with Gasteiger partial charge in [-0.15, -0.1) is 0 Å². The average Bonchev–Trinajstić information content (AvgIpc) is 2.50. The number of carbonyl (C=O) groups excluding carboxylic acids is 1. The Balaban J connectivity index is 2.55. The highest BCUT2D eigenvalue weighted by atomic mass is 16.5. The van der Waals surface area contributed by atoms with Gasteiger partial charge in [-0.05, 0) is 18.4 Å². The van der Waals surface area contributed by atoms with Gasteiger partial charge in [-0.1, -0.05) is 19.9 Å². The number of ether oxygens (including phenoxy) is 1. The Labute approximate surface area is 67.2 Å². The molecule has 0 amide bonds. The molecule has 2 atom stereocenters. The second-order valence-corrected chi connectivity index (χ2v) is 2.85. The molecule has 1 heterocycles. The van der Waals surface area contributed by atoms with Crippen LogP contribution in [0, 0.1) is 5.92 Å². The summed E-state index contributed by atoms with van der Waals surface area (Å²) in [6.07, 6.45) is 3.20. The normalized spacial score (nSPS) is 30.3. The largest absolute Gasteiger partial charge is 0.370 e. The van der Waals surface area contributed by atoms with E-state index >= 15 is 0 Å². The molecule has 62 valence electrons. The Morgan fingerprint density at radius 3 is 3.09 bits per heavy atom. The Morgan fingerprint density at radius 1 is 1.82 bits per heavy atom. The molecule has 1 saturated heterocycles. The third-order valence-corrected chi connectivity index (χ3v) is 2.22. The lowest BCUT2D eigenvalue weighted by atomic mass is 9.96. The lowest BCUT2D eigenvalue weighted by Gasteiger charge is -2.12. The second kappa shape index (κ2) is 3.67. The molecule has 0 aliphatic carbocycles. The summed E-state index contributed by atoms with van der Waals surface area (Å²) >= 11 is 0. The molecule has 0 unspecified atom stereocenters. The topological polar surface area (TPSA) is 26.3 Å². The zero-order valence-electron chi connectivity index (χ0n) is 6.88. The van der Waals surface area contributed by atoms with Gasteiger partial charge in [0.25, 0.3) is 0 Å². The zero-order chi connectivity index (χ0) is 8.27. The second-order valence-electron chi connectivity index (χ2n) is 2.85. The van der Waals surface area contributed by atoms with E-state index in [0.717, 1.165) is 19.4 Å². The molecule has 2 nitrogen and oxygen atoms in total. The Bertz CT molecular complexity index is 163. The molecule has 0 aromatic carbocycles. The third kappa shape index (κ3) is 1.69. The molecule has 1 aliphatic heterocycles. The van der Waals surface area contributed by atoms with Gasteiger partial charge in [0, 0.05) is 6.61 Å². The van der Waals surface area contributed by atoms with Crippen molar-refractivity contribution in [2.45, 2.75) is 25.9 Å². The molecule has 1 fully saturated rings. The van der Waals surface area contributed by atoms with Crippen molar-refractivity contribution in [3.63, 3.8) is 0 Å². The van der Waals surface area contributed by atoms with Crippen LogP contribution in [0.2, 0.25) is 0 Å². The fraction of sp³-hybridized carbons (Fsp3) is 0.667. The molecule has 0 saturated carbocycles. The third-order valence-electron chi connectivity index (χ3n) is 2.22. The van der Waals surface area contributed by atoms with Crippen molar-refractivity contribution < 1.29 is 9.53 Å². The van der Waals surface area contributed by atoms with E-state index in [-0.39, 0.29) is 11.9 Å². The standard InChI is InChI=1S/C9H14O2/c1-3-7-5-6-11-9(7)8(10)4-2/h4,7,9H,2-3,5-6H2,1H3/t7-,9-/m1/s1. The van der Waals surface area contributed by atoms with Crippen molar-refractivity contribution in [2.24, 2.45) is 5.92 Å². The van der Waals surface area contributed by atoms with Gasteiger partial charge >= 0.3 is 0 Å². The van der Waals surface area contributed by atoms with Gasteiger partial charge in [-0.25, -0.2) is 0 Å². The number of ketones is 1. The molecule has 0 radical (unpaired) electrons. The predicted molar refractivity (Wildman–Crippen MR) is 43.3 cm³/mol. The molecule has 0 aromatic rings. The monoisotopic (exact) mass is 154 g/mol. The quantitative estimate of drug-likeness (QED) is 0.576. The fourth-order valence-corrected chi connectivity index (χ4v) is 1.48. The van der Waals surface area contributed by atoms with E-state index in [9.17, 15) is 4.79 Å². The molecule has 0 N–H and O–H groups in total. The number of carbonyl (C=O) groups is 1. The molecule has 0 bridgehead atoms. The van der Waals surface area contributed by atoms with Crippen molar-refractivity contribution >= 4 is 5.78 Å². The molecule has 1 aliphatic rings. The van der Waals surface area contributed by atoms with Crippen molar-refractivity contribution in [1.29, 1.82) is 0 Å². The van der Waals surface area contributed by atoms with Gasteiger partial charge < -0.3 is 4.74 Å². The summed E-state index contributed by atoms with van der Waals surface area (Å²) in [7, 11) is 0. The summed E-state index contributed by atoms with van der Waals surface area (Å²) in [5.41, 5.74) is 0. The van der Waals surface area contributed by atoms with Crippen LogP contribution in [-0.2, 0) is 9.53 Å². The smallest absolute Gasteiger partial charge is 0.184 e. The van der Waals surface area contributed by atoms with E-state index in [1.807, 2.05) is 0 Å². The molecular formula is C9H14O2.